The summed E-state index contributed by atoms with van der Waals surface area (Å²) < 4.78 is 5.31. The third-order valence-corrected chi connectivity index (χ3v) is 6.08. The van der Waals surface area contributed by atoms with Crippen molar-refractivity contribution in [2.24, 2.45) is 0 Å². The molecule has 0 bridgehead atoms. The lowest BCUT2D eigenvalue weighted by molar-refractivity contribution is 0.0303. The molecular weight excluding hydrogens is 441 g/mol. The largest absolute Gasteiger partial charge is 0.396 e. The van der Waals surface area contributed by atoms with Crippen molar-refractivity contribution in [2.75, 3.05) is 32.0 Å². The van der Waals surface area contributed by atoms with E-state index in [1.54, 1.807) is 35.2 Å². The van der Waals surface area contributed by atoms with Crippen molar-refractivity contribution >= 4 is 56.7 Å². The lowest BCUT2D eigenvalue weighted by atomic mass is 10.1. The molecule has 1 saturated heterocycles. The molecule has 3 heterocycles. The zero-order valence-corrected chi connectivity index (χ0v) is 17.7. The minimum absolute atomic E-state index is 0.0828. The van der Waals surface area contributed by atoms with Crippen LogP contribution in [0.5, 0.6) is 0 Å². The second-order valence-electron chi connectivity index (χ2n) is 7.28. The van der Waals surface area contributed by atoms with Crippen molar-refractivity contribution in [3.05, 3.63) is 56.3 Å². The summed E-state index contributed by atoms with van der Waals surface area (Å²) in [5.41, 5.74) is 8.95. The minimum Gasteiger partial charge on any atom is -0.396 e. The van der Waals surface area contributed by atoms with Crippen molar-refractivity contribution in [2.45, 2.75) is 0 Å². The Morgan fingerprint density at radius 1 is 1.06 bits per heavy atom. The summed E-state index contributed by atoms with van der Waals surface area (Å²) in [5, 5.41) is 1.29. The Hall–Kier alpha value is -3.07. The first-order valence-electron chi connectivity index (χ1n) is 9.60. The predicted molar refractivity (Wildman–Crippen MR) is 121 cm³/mol. The number of carbonyl (C=O) groups is 1. The van der Waals surface area contributed by atoms with Gasteiger partial charge in [0.25, 0.3) is 11.5 Å². The van der Waals surface area contributed by atoms with Crippen LogP contribution >= 0.6 is 23.2 Å². The SMILES string of the molecule is Nc1c(-c2nc3cc(Cl)c(Cl)cc3[nH]c2=O)[nH]c2ccc(C(=O)N3CCOCC3)cc12. The second-order valence-corrected chi connectivity index (χ2v) is 8.09. The lowest BCUT2D eigenvalue weighted by Crippen LogP contribution is -2.40. The van der Waals surface area contributed by atoms with Crippen LogP contribution in [0, 0.1) is 0 Å². The number of nitrogens with one attached hydrogen (secondary N) is 2. The van der Waals surface area contributed by atoms with Gasteiger partial charge in [0.1, 0.15) is 0 Å². The Morgan fingerprint density at radius 3 is 2.58 bits per heavy atom. The summed E-state index contributed by atoms with van der Waals surface area (Å²) in [7, 11) is 0. The number of carbonyl (C=O) groups excluding carboxylic acids is 1. The smallest absolute Gasteiger partial charge is 0.276 e. The van der Waals surface area contributed by atoms with E-state index in [4.69, 9.17) is 33.7 Å². The van der Waals surface area contributed by atoms with Crippen molar-refractivity contribution in [3.8, 4) is 11.4 Å². The number of nitrogens with two attached hydrogens (primary N) is 1. The average molecular weight is 458 g/mol. The molecule has 0 aliphatic carbocycles. The van der Waals surface area contributed by atoms with E-state index in [9.17, 15) is 9.59 Å². The van der Waals surface area contributed by atoms with Crippen LogP contribution in [0.1, 0.15) is 10.4 Å². The maximum absolute atomic E-state index is 12.8. The molecule has 0 spiro atoms. The number of anilines is 1. The number of nitrogen functional groups attached to an aromatic ring is 1. The van der Waals surface area contributed by atoms with Crippen LogP contribution in [0.2, 0.25) is 10.0 Å². The summed E-state index contributed by atoms with van der Waals surface area (Å²) in [6.07, 6.45) is 0. The van der Waals surface area contributed by atoms with Gasteiger partial charge < -0.3 is 25.3 Å². The van der Waals surface area contributed by atoms with Gasteiger partial charge >= 0.3 is 0 Å². The number of rotatable bonds is 2. The van der Waals surface area contributed by atoms with Crippen LogP contribution in [-0.4, -0.2) is 52.1 Å². The van der Waals surface area contributed by atoms with E-state index in [0.29, 0.717) is 75.2 Å². The van der Waals surface area contributed by atoms with Gasteiger partial charge in [0.05, 0.1) is 45.7 Å². The number of fused-ring (bicyclic) bond motifs is 2. The molecule has 0 radical (unpaired) electrons. The van der Waals surface area contributed by atoms with Gasteiger partial charge in [0.2, 0.25) is 0 Å². The zero-order valence-electron chi connectivity index (χ0n) is 16.2. The molecule has 0 unspecified atom stereocenters. The fraction of sp³-hybridized carbons (Fsp3) is 0.190. The fourth-order valence-electron chi connectivity index (χ4n) is 3.73. The van der Waals surface area contributed by atoms with Crippen LogP contribution in [0.4, 0.5) is 5.69 Å². The van der Waals surface area contributed by atoms with Crippen LogP contribution in [-0.2, 0) is 4.74 Å². The molecule has 1 fully saturated rings. The molecule has 1 aliphatic heterocycles. The molecule has 2 aromatic heterocycles. The number of amides is 1. The molecule has 31 heavy (non-hydrogen) atoms. The average Bonchev–Trinajstić information content (AvgIpc) is 3.10. The predicted octanol–water partition coefficient (Wildman–Crippen LogP) is 3.43. The quantitative estimate of drug-likeness (QED) is 0.426. The van der Waals surface area contributed by atoms with Gasteiger partial charge in [-0.25, -0.2) is 4.98 Å². The molecule has 10 heteroatoms. The fourth-order valence-corrected chi connectivity index (χ4v) is 4.05. The molecule has 4 aromatic rings. The summed E-state index contributed by atoms with van der Waals surface area (Å²) in [5.74, 6) is -0.0828. The highest BCUT2D eigenvalue weighted by Gasteiger charge is 2.21. The van der Waals surface area contributed by atoms with Crippen molar-refractivity contribution < 1.29 is 9.53 Å². The lowest BCUT2D eigenvalue weighted by Gasteiger charge is -2.26. The number of aromatic amines is 2. The van der Waals surface area contributed by atoms with Crippen molar-refractivity contribution in [3.63, 3.8) is 0 Å². The summed E-state index contributed by atoms with van der Waals surface area (Å²) in [4.78, 5) is 37.6. The van der Waals surface area contributed by atoms with Crippen LogP contribution in [0.25, 0.3) is 33.3 Å². The first-order chi connectivity index (χ1) is 14.9. The number of halogens is 2. The van der Waals surface area contributed by atoms with Gasteiger partial charge in [-0.2, -0.15) is 0 Å². The maximum atomic E-state index is 12.8. The number of nitrogens with zero attached hydrogens (tertiary/aromatic N) is 2. The van der Waals surface area contributed by atoms with Gasteiger partial charge in [-0.15, -0.1) is 0 Å². The third-order valence-electron chi connectivity index (χ3n) is 5.35. The molecule has 8 nitrogen and oxygen atoms in total. The van der Waals surface area contributed by atoms with Gasteiger partial charge in [-0.1, -0.05) is 23.2 Å². The second kappa shape index (κ2) is 7.56. The number of hydrogen-bond acceptors (Lipinski definition) is 5. The van der Waals surface area contributed by atoms with Gasteiger partial charge in [-0.05, 0) is 30.3 Å². The number of ether oxygens (including phenoxy) is 1. The van der Waals surface area contributed by atoms with E-state index in [2.05, 4.69) is 15.0 Å². The molecule has 5 rings (SSSR count). The molecule has 2 aromatic carbocycles. The van der Waals surface area contributed by atoms with Crippen molar-refractivity contribution in [1.82, 2.24) is 19.9 Å². The molecule has 0 atom stereocenters. The third kappa shape index (κ3) is 3.42. The minimum atomic E-state index is -0.422. The topological polar surface area (TPSA) is 117 Å². The van der Waals surface area contributed by atoms with E-state index in [-0.39, 0.29) is 11.6 Å². The number of H-pyrrole nitrogens is 2. The number of hydrogen-bond donors (Lipinski definition) is 3. The number of morpholine rings is 1. The van der Waals surface area contributed by atoms with Crippen LogP contribution in [0.3, 0.4) is 0 Å². The molecule has 0 saturated carbocycles. The first kappa shape index (κ1) is 19.9. The Morgan fingerprint density at radius 2 is 1.81 bits per heavy atom. The highest BCUT2D eigenvalue weighted by molar-refractivity contribution is 6.42. The summed E-state index contributed by atoms with van der Waals surface area (Å²) in [6, 6.07) is 8.37. The van der Waals surface area contributed by atoms with Gasteiger partial charge in [-0.3, -0.25) is 9.59 Å². The summed E-state index contributed by atoms with van der Waals surface area (Å²) in [6.45, 7) is 2.15. The monoisotopic (exact) mass is 457 g/mol. The molecular formula is C21H17Cl2N5O3. The Kier molecular flexibility index (Phi) is 4.85. The first-order valence-corrected chi connectivity index (χ1v) is 10.4. The maximum Gasteiger partial charge on any atom is 0.276 e. The van der Waals surface area contributed by atoms with Crippen LogP contribution in [0.15, 0.2) is 35.1 Å². The van der Waals surface area contributed by atoms with Crippen LogP contribution < -0.4 is 11.3 Å². The Bertz CT molecular complexity index is 1410. The highest BCUT2D eigenvalue weighted by Crippen LogP contribution is 2.32. The molecule has 1 aliphatic rings. The Labute approximate surface area is 185 Å². The number of aromatic nitrogens is 3. The van der Waals surface area contributed by atoms with Gasteiger partial charge in [0.15, 0.2) is 5.69 Å². The zero-order chi connectivity index (χ0) is 21.7. The molecule has 4 N–H and O–H groups in total. The molecule has 1 amide bonds. The normalized spacial score (nSPS) is 14.5. The summed E-state index contributed by atoms with van der Waals surface area (Å²) >= 11 is 12.1. The Balaban J connectivity index is 1.60. The van der Waals surface area contributed by atoms with E-state index in [0.717, 1.165) is 0 Å². The van der Waals surface area contributed by atoms with E-state index < -0.39 is 5.56 Å². The van der Waals surface area contributed by atoms with Crippen molar-refractivity contribution in [1.29, 1.82) is 0 Å². The standard InChI is InChI=1S/C21H17Cl2N5O3/c22-12-8-15-16(9-13(12)23)27-20(29)19(26-15)18-17(24)11-7-10(1-2-14(11)25-18)21(30)28-3-5-31-6-4-28/h1-2,7-9,25H,3-6,24H2,(H,27,29). The van der Waals surface area contributed by atoms with E-state index in [1.807, 2.05) is 0 Å². The highest BCUT2D eigenvalue weighted by atomic mass is 35.5. The van der Waals surface area contributed by atoms with E-state index >= 15 is 0 Å². The molecule has 158 valence electrons. The number of benzene rings is 2. The van der Waals surface area contributed by atoms with E-state index in [1.165, 1.54) is 0 Å². The van der Waals surface area contributed by atoms with Gasteiger partial charge in [0, 0.05) is 29.6 Å².